The first-order valence-electron chi connectivity index (χ1n) is 7.83. The molecule has 0 aliphatic carbocycles. The molecule has 5 nitrogen and oxygen atoms in total. The Morgan fingerprint density at radius 1 is 1.12 bits per heavy atom. The van der Waals surface area contributed by atoms with E-state index in [-0.39, 0.29) is 0 Å². The van der Waals surface area contributed by atoms with Crippen molar-refractivity contribution in [2.24, 2.45) is 0 Å². The summed E-state index contributed by atoms with van der Waals surface area (Å²) in [4.78, 5) is 0. The molecule has 4 rings (SSSR count). The number of fused-ring (bicyclic) bond motifs is 1. The van der Waals surface area contributed by atoms with Crippen LogP contribution in [0.2, 0.25) is 5.02 Å². The van der Waals surface area contributed by atoms with E-state index in [2.05, 4.69) is 15.6 Å². The van der Waals surface area contributed by atoms with Gasteiger partial charge in [0.25, 0.3) is 0 Å². The van der Waals surface area contributed by atoms with E-state index in [0.717, 1.165) is 27.8 Å². The molecule has 7 heteroatoms. The lowest BCUT2D eigenvalue weighted by Crippen LogP contribution is -2.18. The molecular formula is C18H15ClN4OS. The van der Waals surface area contributed by atoms with Crippen LogP contribution in [0.1, 0.15) is 12.5 Å². The second-order valence-corrected chi connectivity index (χ2v) is 6.59. The number of aromatic nitrogens is 3. The Bertz CT molecular complexity index is 940. The van der Waals surface area contributed by atoms with Gasteiger partial charge in [0.2, 0.25) is 5.16 Å². The number of thioether (sulfide) groups is 1. The summed E-state index contributed by atoms with van der Waals surface area (Å²) in [5.74, 6) is 1.46. The number of nitrogens with zero attached hydrogens (tertiary/aromatic N) is 3. The maximum atomic E-state index is 6.32. The van der Waals surface area contributed by atoms with Crippen LogP contribution in [-0.4, -0.2) is 21.5 Å². The standard InChI is InChI=1S/C18H15ClN4OS/c1-2-24-16-9-8-13(10-14(16)19)15-11-25-18-21-20-17(23(18)22-15)12-6-4-3-5-7-12/h3-11,22H,2H2,1H3. The molecule has 2 aromatic carbocycles. The molecule has 1 aromatic heterocycles. The van der Waals surface area contributed by atoms with Crippen molar-refractivity contribution in [1.29, 1.82) is 0 Å². The molecule has 2 heterocycles. The fraction of sp³-hybridized carbons (Fsp3) is 0.111. The first-order valence-corrected chi connectivity index (χ1v) is 9.09. The summed E-state index contributed by atoms with van der Waals surface area (Å²) in [7, 11) is 0. The van der Waals surface area contributed by atoms with Crippen molar-refractivity contribution < 1.29 is 4.74 Å². The molecule has 0 saturated heterocycles. The van der Waals surface area contributed by atoms with Crippen LogP contribution in [0.5, 0.6) is 5.75 Å². The largest absolute Gasteiger partial charge is 0.492 e. The van der Waals surface area contributed by atoms with Gasteiger partial charge in [-0.2, -0.15) is 0 Å². The van der Waals surface area contributed by atoms with E-state index < -0.39 is 0 Å². The Balaban J connectivity index is 1.65. The van der Waals surface area contributed by atoms with Gasteiger partial charge in [0.1, 0.15) is 5.75 Å². The highest BCUT2D eigenvalue weighted by Gasteiger charge is 2.19. The van der Waals surface area contributed by atoms with Crippen LogP contribution in [0.15, 0.2) is 59.1 Å². The normalized spacial score (nSPS) is 13.0. The average molecular weight is 371 g/mol. The molecule has 0 unspecified atom stereocenters. The van der Waals surface area contributed by atoms with E-state index in [9.17, 15) is 0 Å². The van der Waals surface area contributed by atoms with Crippen LogP contribution in [0.3, 0.4) is 0 Å². The van der Waals surface area contributed by atoms with Crippen LogP contribution < -0.4 is 10.2 Å². The summed E-state index contributed by atoms with van der Waals surface area (Å²) >= 11 is 7.83. The topological polar surface area (TPSA) is 52.0 Å². The van der Waals surface area contributed by atoms with E-state index in [1.165, 1.54) is 11.8 Å². The van der Waals surface area contributed by atoms with Gasteiger partial charge < -0.3 is 4.74 Å². The zero-order valence-corrected chi connectivity index (χ0v) is 15.0. The number of ether oxygens (including phenoxy) is 1. The first kappa shape index (κ1) is 16.1. The van der Waals surface area contributed by atoms with Crippen molar-refractivity contribution in [3.05, 3.63) is 64.5 Å². The van der Waals surface area contributed by atoms with Gasteiger partial charge in [-0.25, -0.2) is 4.68 Å². The van der Waals surface area contributed by atoms with Gasteiger partial charge in [0.15, 0.2) is 5.82 Å². The average Bonchev–Trinajstić information content (AvgIpc) is 3.07. The predicted molar refractivity (Wildman–Crippen MR) is 101 cm³/mol. The Labute approximate surface area is 154 Å². The summed E-state index contributed by atoms with van der Waals surface area (Å²) in [5, 5.41) is 11.9. The Hall–Kier alpha value is -2.44. The minimum Gasteiger partial charge on any atom is -0.492 e. The minimum atomic E-state index is 0.584. The molecule has 0 atom stereocenters. The fourth-order valence-corrected chi connectivity index (χ4v) is 3.53. The lowest BCUT2D eigenvalue weighted by atomic mass is 10.1. The summed E-state index contributed by atoms with van der Waals surface area (Å²) in [6.07, 6.45) is 0. The lowest BCUT2D eigenvalue weighted by Gasteiger charge is -2.19. The molecule has 1 N–H and O–H groups in total. The summed E-state index contributed by atoms with van der Waals surface area (Å²) in [5.41, 5.74) is 6.27. The molecular weight excluding hydrogens is 356 g/mol. The van der Waals surface area contributed by atoms with Crippen LogP contribution in [0.4, 0.5) is 0 Å². The quantitative estimate of drug-likeness (QED) is 0.724. The Morgan fingerprint density at radius 2 is 1.96 bits per heavy atom. The number of halogens is 1. The molecule has 3 aromatic rings. The Morgan fingerprint density at radius 3 is 2.72 bits per heavy atom. The summed E-state index contributed by atoms with van der Waals surface area (Å²) in [6, 6.07) is 15.7. The van der Waals surface area contributed by atoms with Gasteiger partial charge in [-0.3, -0.25) is 5.43 Å². The van der Waals surface area contributed by atoms with Crippen molar-refractivity contribution in [2.45, 2.75) is 12.1 Å². The van der Waals surface area contributed by atoms with E-state index in [1.54, 1.807) is 0 Å². The van der Waals surface area contributed by atoms with Crippen molar-refractivity contribution in [3.63, 3.8) is 0 Å². The van der Waals surface area contributed by atoms with E-state index in [1.807, 2.05) is 65.5 Å². The number of hydrogen-bond acceptors (Lipinski definition) is 5. The minimum absolute atomic E-state index is 0.584. The third kappa shape index (κ3) is 3.10. The maximum absolute atomic E-state index is 6.32. The molecule has 1 aliphatic rings. The van der Waals surface area contributed by atoms with Crippen molar-refractivity contribution in [2.75, 3.05) is 12.0 Å². The van der Waals surface area contributed by atoms with Crippen LogP contribution in [0.25, 0.3) is 17.1 Å². The molecule has 0 amide bonds. The monoisotopic (exact) mass is 370 g/mol. The summed E-state index contributed by atoms with van der Waals surface area (Å²) in [6.45, 7) is 2.52. The second-order valence-electron chi connectivity index (χ2n) is 5.35. The van der Waals surface area contributed by atoms with Crippen LogP contribution in [-0.2, 0) is 0 Å². The zero-order chi connectivity index (χ0) is 17.2. The van der Waals surface area contributed by atoms with E-state index >= 15 is 0 Å². The van der Waals surface area contributed by atoms with Gasteiger partial charge in [0, 0.05) is 16.5 Å². The molecule has 1 aliphatic heterocycles. The predicted octanol–water partition coefficient (Wildman–Crippen LogP) is 4.65. The van der Waals surface area contributed by atoms with Crippen molar-refractivity contribution >= 4 is 29.1 Å². The number of nitrogens with one attached hydrogen (secondary N) is 1. The fourth-order valence-electron chi connectivity index (χ4n) is 2.55. The summed E-state index contributed by atoms with van der Waals surface area (Å²) < 4.78 is 7.39. The van der Waals surface area contributed by atoms with Crippen molar-refractivity contribution in [1.82, 2.24) is 14.9 Å². The highest BCUT2D eigenvalue weighted by molar-refractivity contribution is 8.02. The third-order valence-electron chi connectivity index (χ3n) is 3.72. The SMILES string of the molecule is CCOc1ccc(C2=CSc3nnc(-c4ccccc4)n3N2)cc1Cl. The lowest BCUT2D eigenvalue weighted by molar-refractivity contribution is 0.340. The second kappa shape index (κ2) is 6.82. The van der Waals surface area contributed by atoms with Crippen molar-refractivity contribution in [3.8, 4) is 17.1 Å². The molecule has 0 radical (unpaired) electrons. The van der Waals surface area contributed by atoms with Gasteiger partial charge in [-0.1, -0.05) is 53.7 Å². The molecule has 0 fully saturated rings. The number of benzene rings is 2. The van der Waals surface area contributed by atoms with Crippen LogP contribution >= 0.6 is 23.4 Å². The molecule has 0 spiro atoms. The van der Waals surface area contributed by atoms with Crippen LogP contribution in [0, 0.1) is 0 Å². The smallest absolute Gasteiger partial charge is 0.214 e. The number of hydrogen-bond donors (Lipinski definition) is 1. The highest BCUT2D eigenvalue weighted by Crippen LogP contribution is 2.34. The maximum Gasteiger partial charge on any atom is 0.214 e. The zero-order valence-electron chi connectivity index (χ0n) is 13.4. The van der Waals surface area contributed by atoms with Gasteiger partial charge in [-0.05, 0) is 25.1 Å². The molecule has 0 bridgehead atoms. The van der Waals surface area contributed by atoms with E-state index in [0.29, 0.717) is 17.4 Å². The molecule has 126 valence electrons. The Kier molecular flexibility index (Phi) is 4.38. The first-order chi connectivity index (χ1) is 12.3. The van der Waals surface area contributed by atoms with Gasteiger partial charge in [-0.15, -0.1) is 10.2 Å². The highest BCUT2D eigenvalue weighted by atomic mass is 35.5. The van der Waals surface area contributed by atoms with Gasteiger partial charge in [0.05, 0.1) is 17.3 Å². The molecule has 25 heavy (non-hydrogen) atoms. The number of rotatable bonds is 4. The third-order valence-corrected chi connectivity index (χ3v) is 4.85. The van der Waals surface area contributed by atoms with Gasteiger partial charge >= 0.3 is 0 Å². The van der Waals surface area contributed by atoms with E-state index in [4.69, 9.17) is 16.3 Å². The molecule has 0 saturated carbocycles.